The van der Waals surface area contributed by atoms with Crippen LogP contribution in [0.5, 0.6) is 0 Å². The summed E-state index contributed by atoms with van der Waals surface area (Å²) < 4.78 is 0. The Kier molecular flexibility index (Phi) is 3.43. The third-order valence-electron chi connectivity index (χ3n) is 3.32. The predicted octanol–water partition coefficient (Wildman–Crippen LogP) is 0.0650. The minimum atomic E-state index is 0.0772. The molecule has 16 heavy (non-hydrogen) atoms. The maximum atomic E-state index is 11.4. The van der Waals surface area contributed by atoms with Gasteiger partial charge in [0.25, 0.3) is 0 Å². The maximum absolute atomic E-state index is 11.4. The molecule has 0 aromatic heterocycles. The predicted molar refractivity (Wildman–Crippen MR) is 60.2 cm³/mol. The van der Waals surface area contributed by atoms with Gasteiger partial charge in [0.2, 0.25) is 0 Å². The molecule has 0 aromatic carbocycles. The quantitative estimate of drug-likeness (QED) is 0.736. The number of carbonyl (C=O) groups is 2. The molecule has 2 rings (SSSR count). The molecule has 2 fully saturated rings. The number of hydrogen-bond donors (Lipinski definition) is 1. The molecule has 1 unspecified atom stereocenters. The van der Waals surface area contributed by atoms with Crippen LogP contribution >= 0.6 is 0 Å². The molecule has 5 nitrogen and oxygen atoms in total. The van der Waals surface area contributed by atoms with Crippen LogP contribution in [0.3, 0.4) is 0 Å². The molecular weight excluding hydrogens is 206 g/mol. The number of nitrogens with one attached hydrogen (secondary N) is 1. The second-order valence-electron chi connectivity index (χ2n) is 4.64. The topological polar surface area (TPSA) is 52.7 Å². The SMILES string of the molecule is CC(=O)CCCN1CCN2C(=O)NCC2C1. The molecule has 0 bridgehead atoms. The summed E-state index contributed by atoms with van der Waals surface area (Å²) in [6, 6.07) is 0.409. The third kappa shape index (κ3) is 2.52. The molecule has 90 valence electrons. The molecule has 2 amide bonds. The molecule has 2 aliphatic heterocycles. The summed E-state index contributed by atoms with van der Waals surface area (Å²) in [6.07, 6.45) is 1.60. The highest BCUT2D eigenvalue weighted by atomic mass is 16.2. The standard InChI is InChI=1S/C11H19N3O2/c1-9(15)3-2-4-13-5-6-14-10(8-13)7-12-11(14)16/h10H,2-8H2,1H3,(H,12,16). The smallest absolute Gasteiger partial charge is 0.317 e. The monoisotopic (exact) mass is 225 g/mol. The van der Waals surface area contributed by atoms with Gasteiger partial charge >= 0.3 is 6.03 Å². The van der Waals surface area contributed by atoms with Crippen molar-refractivity contribution < 1.29 is 9.59 Å². The first kappa shape index (κ1) is 11.4. The minimum Gasteiger partial charge on any atom is -0.336 e. The Morgan fingerprint density at radius 1 is 1.50 bits per heavy atom. The Bertz CT molecular complexity index is 293. The molecular formula is C11H19N3O2. The molecule has 2 saturated heterocycles. The van der Waals surface area contributed by atoms with Crippen LogP contribution in [0.25, 0.3) is 0 Å². The van der Waals surface area contributed by atoms with Crippen molar-refractivity contribution in [3.8, 4) is 0 Å². The molecule has 1 N–H and O–H groups in total. The van der Waals surface area contributed by atoms with Crippen molar-refractivity contribution in [2.45, 2.75) is 25.8 Å². The van der Waals surface area contributed by atoms with Crippen molar-refractivity contribution in [1.82, 2.24) is 15.1 Å². The van der Waals surface area contributed by atoms with E-state index < -0.39 is 0 Å². The van der Waals surface area contributed by atoms with Crippen molar-refractivity contribution >= 4 is 11.8 Å². The van der Waals surface area contributed by atoms with Gasteiger partial charge in [-0.15, -0.1) is 0 Å². The van der Waals surface area contributed by atoms with Gasteiger partial charge in [-0.2, -0.15) is 0 Å². The van der Waals surface area contributed by atoms with Crippen LogP contribution in [-0.2, 0) is 4.79 Å². The summed E-state index contributed by atoms with van der Waals surface area (Å²) in [5.41, 5.74) is 0. The third-order valence-corrected chi connectivity index (χ3v) is 3.32. The first-order valence-electron chi connectivity index (χ1n) is 5.93. The Balaban J connectivity index is 1.74. The van der Waals surface area contributed by atoms with Gasteiger partial charge in [-0.1, -0.05) is 0 Å². The lowest BCUT2D eigenvalue weighted by Gasteiger charge is -2.36. The fourth-order valence-corrected chi connectivity index (χ4v) is 2.42. The summed E-state index contributed by atoms with van der Waals surface area (Å²) in [7, 11) is 0. The van der Waals surface area contributed by atoms with E-state index in [2.05, 4.69) is 10.2 Å². The zero-order chi connectivity index (χ0) is 11.5. The number of Topliss-reactive ketones (excluding diaryl/α,β-unsaturated/α-hetero) is 1. The summed E-state index contributed by atoms with van der Waals surface area (Å²) >= 11 is 0. The van der Waals surface area contributed by atoms with Crippen LogP contribution in [0.2, 0.25) is 0 Å². The lowest BCUT2D eigenvalue weighted by Crippen LogP contribution is -2.52. The normalized spacial score (nSPS) is 25.4. The zero-order valence-electron chi connectivity index (χ0n) is 9.74. The van der Waals surface area contributed by atoms with Crippen LogP contribution < -0.4 is 5.32 Å². The van der Waals surface area contributed by atoms with Crippen molar-refractivity contribution in [1.29, 1.82) is 0 Å². The van der Waals surface area contributed by atoms with Gasteiger partial charge in [-0.05, 0) is 19.9 Å². The van der Waals surface area contributed by atoms with Crippen LogP contribution in [-0.4, -0.2) is 60.4 Å². The van der Waals surface area contributed by atoms with Crippen LogP contribution in [0.4, 0.5) is 4.79 Å². The number of carbonyl (C=O) groups excluding carboxylic acids is 2. The summed E-state index contributed by atoms with van der Waals surface area (Å²) in [4.78, 5) is 26.5. The highest BCUT2D eigenvalue weighted by Gasteiger charge is 2.34. The summed E-state index contributed by atoms with van der Waals surface area (Å²) in [6.45, 7) is 6.06. The van der Waals surface area contributed by atoms with Gasteiger partial charge in [-0.25, -0.2) is 4.79 Å². The average Bonchev–Trinajstić information content (AvgIpc) is 2.60. The average molecular weight is 225 g/mol. The van der Waals surface area contributed by atoms with E-state index in [1.54, 1.807) is 6.92 Å². The molecule has 0 radical (unpaired) electrons. The van der Waals surface area contributed by atoms with E-state index in [1.807, 2.05) is 4.90 Å². The minimum absolute atomic E-state index is 0.0772. The lowest BCUT2D eigenvalue weighted by atomic mass is 10.1. The Hall–Kier alpha value is -1.10. The number of amides is 2. The van der Waals surface area contributed by atoms with Gasteiger partial charge in [-0.3, -0.25) is 4.90 Å². The molecule has 0 saturated carbocycles. The van der Waals surface area contributed by atoms with Crippen molar-refractivity contribution in [3.05, 3.63) is 0 Å². The van der Waals surface area contributed by atoms with Crippen LogP contribution in [0, 0.1) is 0 Å². The van der Waals surface area contributed by atoms with Crippen LogP contribution in [0.15, 0.2) is 0 Å². The van der Waals surface area contributed by atoms with E-state index in [9.17, 15) is 9.59 Å². The summed E-state index contributed by atoms with van der Waals surface area (Å²) in [5, 5.41) is 2.86. The highest BCUT2D eigenvalue weighted by Crippen LogP contribution is 2.14. The van der Waals surface area contributed by atoms with Gasteiger partial charge in [0.05, 0.1) is 6.04 Å². The molecule has 1 atom stereocenters. The lowest BCUT2D eigenvalue weighted by molar-refractivity contribution is -0.117. The number of ketones is 1. The van der Waals surface area contributed by atoms with Crippen LogP contribution in [0.1, 0.15) is 19.8 Å². The number of fused-ring (bicyclic) bond motifs is 1. The van der Waals surface area contributed by atoms with E-state index in [1.165, 1.54) is 0 Å². The van der Waals surface area contributed by atoms with Crippen molar-refractivity contribution in [2.24, 2.45) is 0 Å². The van der Waals surface area contributed by atoms with Crippen molar-refractivity contribution in [3.63, 3.8) is 0 Å². The molecule has 0 aromatic rings. The van der Waals surface area contributed by atoms with E-state index in [-0.39, 0.29) is 11.8 Å². The second kappa shape index (κ2) is 4.82. The van der Waals surface area contributed by atoms with Gasteiger partial charge in [0, 0.05) is 32.6 Å². The molecule has 2 aliphatic rings. The Labute approximate surface area is 95.8 Å². The first-order chi connectivity index (χ1) is 7.66. The number of rotatable bonds is 4. The van der Waals surface area contributed by atoms with E-state index in [0.717, 1.165) is 39.1 Å². The number of hydrogen-bond acceptors (Lipinski definition) is 3. The largest absolute Gasteiger partial charge is 0.336 e. The zero-order valence-corrected chi connectivity index (χ0v) is 9.74. The fraction of sp³-hybridized carbons (Fsp3) is 0.818. The van der Waals surface area contributed by atoms with Gasteiger partial charge < -0.3 is 15.0 Å². The summed E-state index contributed by atoms with van der Waals surface area (Å²) in [5.74, 6) is 0.261. The molecule has 5 heteroatoms. The van der Waals surface area contributed by atoms with E-state index in [4.69, 9.17) is 0 Å². The maximum Gasteiger partial charge on any atom is 0.317 e. The Morgan fingerprint density at radius 2 is 2.31 bits per heavy atom. The highest BCUT2D eigenvalue weighted by molar-refractivity contribution is 5.77. The van der Waals surface area contributed by atoms with E-state index in [0.29, 0.717) is 12.5 Å². The number of urea groups is 1. The molecule has 0 spiro atoms. The molecule has 0 aliphatic carbocycles. The van der Waals surface area contributed by atoms with Gasteiger partial charge in [0.15, 0.2) is 0 Å². The number of piperazine rings is 1. The van der Waals surface area contributed by atoms with E-state index >= 15 is 0 Å². The fourth-order valence-electron chi connectivity index (χ4n) is 2.42. The first-order valence-corrected chi connectivity index (χ1v) is 5.93. The van der Waals surface area contributed by atoms with Gasteiger partial charge in [0.1, 0.15) is 5.78 Å². The molecule has 2 heterocycles. The number of nitrogens with zero attached hydrogens (tertiary/aromatic N) is 2. The second-order valence-corrected chi connectivity index (χ2v) is 4.64. The van der Waals surface area contributed by atoms with Crippen molar-refractivity contribution in [2.75, 3.05) is 32.7 Å². The Morgan fingerprint density at radius 3 is 3.06 bits per heavy atom.